The lowest BCUT2D eigenvalue weighted by molar-refractivity contribution is -0.140. The normalized spacial score (nSPS) is 38.4. The highest BCUT2D eigenvalue weighted by atomic mass is 19.4. The van der Waals surface area contributed by atoms with Crippen molar-refractivity contribution in [2.75, 3.05) is 0 Å². The Hall–Kier alpha value is -1.10. The number of benzene rings is 1. The van der Waals surface area contributed by atoms with Crippen molar-refractivity contribution in [3.8, 4) is 0 Å². The van der Waals surface area contributed by atoms with Gasteiger partial charge in [-0.3, -0.25) is 0 Å². The van der Waals surface area contributed by atoms with Crippen molar-refractivity contribution in [3.05, 3.63) is 35.1 Å². The fourth-order valence-corrected chi connectivity index (χ4v) is 4.98. The van der Waals surface area contributed by atoms with Gasteiger partial charge in [-0.05, 0) is 66.5 Å². The van der Waals surface area contributed by atoms with Gasteiger partial charge in [0.1, 0.15) is 5.82 Å². The van der Waals surface area contributed by atoms with E-state index in [2.05, 4.69) is 0 Å². The minimum atomic E-state index is -4.69. The highest BCUT2D eigenvalue weighted by Gasteiger charge is 2.66. The maximum absolute atomic E-state index is 13.6. The van der Waals surface area contributed by atoms with Gasteiger partial charge in [-0.2, -0.15) is 13.2 Å². The monoisotopic (exact) mass is 300 g/mol. The van der Waals surface area contributed by atoms with Crippen molar-refractivity contribution in [2.45, 2.75) is 31.5 Å². The van der Waals surface area contributed by atoms with Crippen LogP contribution in [0.5, 0.6) is 0 Å². The summed E-state index contributed by atoms with van der Waals surface area (Å²) in [4.78, 5) is 0. The van der Waals surface area contributed by atoms with Crippen LogP contribution in [0.4, 0.5) is 17.6 Å². The van der Waals surface area contributed by atoms with Gasteiger partial charge in [0.05, 0.1) is 11.7 Å². The Morgan fingerprint density at radius 3 is 2.24 bits per heavy atom. The van der Waals surface area contributed by atoms with E-state index in [1.807, 2.05) is 0 Å². The van der Waals surface area contributed by atoms with Crippen LogP contribution >= 0.6 is 0 Å². The minimum Gasteiger partial charge on any atom is -0.388 e. The molecule has 5 unspecified atom stereocenters. The lowest BCUT2D eigenvalue weighted by atomic mass is 9.94. The molecule has 0 aliphatic heterocycles. The third-order valence-corrected chi connectivity index (χ3v) is 5.80. The second-order valence-corrected chi connectivity index (χ2v) is 6.75. The molecule has 3 aliphatic rings. The second-order valence-electron chi connectivity index (χ2n) is 6.75. The van der Waals surface area contributed by atoms with Gasteiger partial charge in [0.2, 0.25) is 0 Å². The molecule has 5 heteroatoms. The van der Waals surface area contributed by atoms with E-state index in [9.17, 15) is 22.7 Å². The third kappa shape index (κ3) is 1.93. The van der Waals surface area contributed by atoms with E-state index >= 15 is 0 Å². The maximum atomic E-state index is 13.6. The second kappa shape index (κ2) is 4.22. The van der Waals surface area contributed by atoms with Crippen LogP contribution in [0.2, 0.25) is 0 Å². The molecule has 0 spiro atoms. The summed E-state index contributed by atoms with van der Waals surface area (Å²) in [5.74, 6) is 1.16. The first kappa shape index (κ1) is 13.6. The van der Waals surface area contributed by atoms with Gasteiger partial charge >= 0.3 is 6.18 Å². The lowest BCUT2D eigenvalue weighted by Gasteiger charge is -2.17. The molecule has 3 aliphatic carbocycles. The zero-order valence-corrected chi connectivity index (χ0v) is 11.3. The van der Waals surface area contributed by atoms with E-state index < -0.39 is 23.7 Å². The van der Waals surface area contributed by atoms with E-state index in [0.29, 0.717) is 23.7 Å². The van der Waals surface area contributed by atoms with E-state index in [4.69, 9.17) is 0 Å². The molecule has 0 radical (unpaired) electrons. The first-order valence-electron chi connectivity index (χ1n) is 7.42. The predicted molar refractivity (Wildman–Crippen MR) is 67.7 cm³/mol. The smallest absolute Gasteiger partial charge is 0.388 e. The van der Waals surface area contributed by atoms with Crippen molar-refractivity contribution in [1.29, 1.82) is 0 Å². The van der Waals surface area contributed by atoms with Gasteiger partial charge in [-0.25, -0.2) is 4.39 Å². The lowest BCUT2D eigenvalue weighted by Crippen LogP contribution is -2.12. The summed E-state index contributed by atoms with van der Waals surface area (Å²) in [7, 11) is 0. The van der Waals surface area contributed by atoms with E-state index in [1.54, 1.807) is 0 Å². The molecule has 1 aromatic carbocycles. The van der Waals surface area contributed by atoms with Crippen LogP contribution in [0, 0.1) is 35.4 Å². The number of rotatable bonds is 2. The van der Waals surface area contributed by atoms with Crippen LogP contribution in [-0.2, 0) is 6.18 Å². The number of alkyl halides is 3. The number of aliphatic hydroxyl groups is 1. The van der Waals surface area contributed by atoms with Crippen LogP contribution < -0.4 is 0 Å². The van der Waals surface area contributed by atoms with Gasteiger partial charge in [0.25, 0.3) is 0 Å². The summed E-state index contributed by atoms with van der Waals surface area (Å²) < 4.78 is 51.3. The van der Waals surface area contributed by atoms with E-state index in [1.165, 1.54) is 25.3 Å². The molecule has 0 saturated heterocycles. The highest BCUT2D eigenvalue weighted by Crippen LogP contribution is 2.72. The molecule has 3 fully saturated rings. The Kier molecular flexibility index (Phi) is 2.72. The van der Waals surface area contributed by atoms with Gasteiger partial charge in [-0.15, -0.1) is 0 Å². The first-order chi connectivity index (χ1) is 9.88. The largest absolute Gasteiger partial charge is 0.419 e. The maximum Gasteiger partial charge on any atom is 0.419 e. The summed E-state index contributed by atoms with van der Waals surface area (Å²) in [5, 5.41) is 10.4. The topological polar surface area (TPSA) is 20.2 Å². The number of fused-ring (bicyclic) bond motifs is 5. The van der Waals surface area contributed by atoms with E-state index in [0.717, 1.165) is 12.1 Å². The fraction of sp³-hybridized carbons (Fsp3) is 0.625. The van der Waals surface area contributed by atoms with Crippen LogP contribution in [0.3, 0.4) is 0 Å². The molecule has 0 aromatic heterocycles. The molecule has 1 nitrogen and oxygen atoms in total. The van der Waals surface area contributed by atoms with Crippen LogP contribution in [0.15, 0.2) is 18.2 Å². The van der Waals surface area contributed by atoms with Crippen LogP contribution in [-0.4, -0.2) is 5.11 Å². The Labute approximate surface area is 120 Å². The quantitative estimate of drug-likeness (QED) is 0.813. The van der Waals surface area contributed by atoms with Crippen molar-refractivity contribution in [2.24, 2.45) is 29.6 Å². The fourth-order valence-electron chi connectivity index (χ4n) is 4.98. The summed E-state index contributed by atoms with van der Waals surface area (Å²) in [5.41, 5.74) is -0.992. The molecule has 114 valence electrons. The number of hydrogen-bond donors (Lipinski definition) is 1. The Bertz CT molecular complexity index is 566. The summed E-state index contributed by atoms with van der Waals surface area (Å²) in [6.07, 6.45) is -1.88. The summed E-state index contributed by atoms with van der Waals surface area (Å²) in [6.45, 7) is 0. The van der Waals surface area contributed by atoms with Crippen molar-refractivity contribution >= 4 is 0 Å². The molecular formula is C16H16F4O. The first-order valence-corrected chi connectivity index (χ1v) is 7.42. The standard InChI is InChI=1S/C16H16F4O/c17-11-6-9(3-4-10(11)16(18,19)20)15(21)14-12-7-1-2-8(5-7)13(12)14/h3-4,6-8,12-15,21H,1-2,5H2. The number of halogens is 4. The van der Waals surface area contributed by atoms with Crippen molar-refractivity contribution in [3.63, 3.8) is 0 Å². The molecular weight excluding hydrogens is 284 g/mol. The Balaban J connectivity index is 1.56. The van der Waals surface area contributed by atoms with Crippen LogP contribution in [0.25, 0.3) is 0 Å². The Morgan fingerprint density at radius 2 is 1.71 bits per heavy atom. The highest BCUT2D eigenvalue weighted by molar-refractivity contribution is 5.30. The van der Waals surface area contributed by atoms with Gasteiger partial charge in [0, 0.05) is 0 Å². The third-order valence-electron chi connectivity index (χ3n) is 5.80. The average molecular weight is 300 g/mol. The molecule has 1 N–H and O–H groups in total. The zero-order valence-electron chi connectivity index (χ0n) is 11.3. The predicted octanol–water partition coefficient (Wildman–Crippen LogP) is 4.17. The summed E-state index contributed by atoms with van der Waals surface area (Å²) >= 11 is 0. The zero-order chi connectivity index (χ0) is 14.9. The SMILES string of the molecule is OC(c1ccc(C(F)(F)F)c(F)c1)C1C2C3CCC(C3)C21. The van der Waals surface area contributed by atoms with E-state index in [-0.39, 0.29) is 11.5 Å². The van der Waals surface area contributed by atoms with Crippen molar-refractivity contribution < 1.29 is 22.7 Å². The molecule has 1 aromatic rings. The molecule has 3 saturated carbocycles. The Morgan fingerprint density at radius 1 is 1.10 bits per heavy atom. The molecule has 21 heavy (non-hydrogen) atoms. The van der Waals surface area contributed by atoms with Crippen LogP contribution in [0.1, 0.15) is 36.5 Å². The van der Waals surface area contributed by atoms with Crippen molar-refractivity contribution in [1.82, 2.24) is 0 Å². The molecule has 0 heterocycles. The molecule has 5 atom stereocenters. The van der Waals surface area contributed by atoms with Gasteiger partial charge in [-0.1, -0.05) is 6.07 Å². The van der Waals surface area contributed by atoms with Gasteiger partial charge < -0.3 is 5.11 Å². The summed E-state index contributed by atoms with van der Waals surface area (Å²) in [6, 6.07) is 2.80. The molecule has 2 bridgehead atoms. The number of hydrogen-bond acceptors (Lipinski definition) is 1. The molecule has 4 rings (SSSR count). The minimum absolute atomic E-state index is 0.118. The number of aliphatic hydroxyl groups excluding tert-OH is 1. The average Bonchev–Trinajstić information content (AvgIpc) is 2.83. The molecule has 0 amide bonds. The van der Waals surface area contributed by atoms with Gasteiger partial charge in [0.15, 0.2) is 0 Å².